The maximum atomic E-state index is 10.9. The molecular weight excluding hydrogens is 144 g/mol. The van der Waals surface area contributed by atoms with E-state index in [1.165, 1.54) is 0 Å². The first-order valence-electron chi connectivity index (χ1n) is 3.69. The van der Waals surface area contributed by atoms with Crippen molar-refractivity contribution >= 4 is 11.9 Å². The zero-order chi connectivity index (χ0) is 8.43. The zero-order valence-corrected chi connectivity index (χ0v) is 6.64. The molecule has 0 atom stereocenters. The molecule has 0 radical (unpaired) electrons. The number of rotatable bonds is 2. The van der Waals surface area contributed by atoms with Crippen molar-refractivity contribution in [3.8, 4) is 0 Å². The molecule has 60 valence electrons. The van der Waals surface area contributed by atoms with E-state index in [2.05, 4.69) is 4.74 Å². The first kappa shape index (κ1) is 7.98. The summed E-state index contributed by atoms with van der Waals surface area (Å²) in [5, 5.41) is 0. The van der Waals surface area contributed by atoms with Crippen molar-refractivity contribution in [1.82, 2.24) is 0 Å². The second-order valence-corrected chi connectivity index (χ2v) is 2.34. The summed E-state index contributed by atoms with van der Waals surface area (Å²) in [6.07, 6.45) is 1.15. The molecule has 11 heavy (non-hydrogen) atoms. The minimum absolute atomic E-state index is 0.464. The predicted molar refractivity (Wildman–Crippen MR) is 38.7 cm³/mol. The summed E-state index contributed by atoms with van der Waals surface area (Å²) in [7, 11) is 0. The van der Waals surface area contributed by atoms with Crippen molar-refractivity contribution in [1.29, 1.82) is 0 Å². The van der Waals surface area contributed by atoms with Crippen LogP contribution in [0.5, 0.6) is 0 Å². The molecule has 0 fully saturated rings. The number of carbonyl (C=O) groups excluding carboxylic acids is 2. The van der Waals surface area contributed by atoms with Crippen LogP contribution in [0.15, 0.2) is 11.1 Å². The maximum Gasteiger partial charge on any atom is 0.342 e. The van der Waals surface area contributed by atoms with Gasteiger partial charge in [0.2, 0.25) is 0 Å². The van der Waals surface area contributed by atoms with Gasteiger partial charge >= 0.3 is 11.9 Å². The summed E-state index contributed by atoms with van der Waals surface area (Å²) in [6, 6.07) is 0. The summed E-state index contributed by atoms with van der Waals surface area (Å²) in [6.45, 7) is 3.68. The van der Waals surface area contributed by atoms with Crippen LogP contribution in [0.1, 0.15) is 26.7 Å². The highest BCUT2D eigenvalue weighted by Gasteiger charge is 2.29. The molecule has 1 aliphatic rings. The first-order chi connectivity index (χ1) is 5.20. The van der Waals surface area contributed by atoms with Crippen molar-refractivity contribution in [2.45, 2.75) is 26.7 Å². The molecule has 3 heteroatoms. The van der Waals surface area contributed by atoms with E-state index in [1.54, 1.807) is 0 Å². The van der Waals surface area contributed by atoms with E-state index in [1.807, 2.05) is 13.8 Å². The van der Waals surface area contributed by atoms with Crippen LogP contribution in [0.3, 0.4) is 0 Å². The van der Waals surface area contributed by atoms with Gasteiger partial charge in [-0.05, 0) is 12.8 Å². The van der Waals surface area contributed by atoms with Gasteiger partial charge in [0.05, 0.1) is 0 Å². The lowest BCUT2D eigenvalue weighted by Crippen LogP contribution is -2.01. The number of esters is 2. The highest BCUT2D eigenvalue weighted by Crippen LogP contribution is 2.22. The minimum atomic E-state index is -0.464. The molecule has 0 unspecified atom stereocenters. The largest absolute Gasteiger partial charge is 0.386 e. The Balaban J connectivity index is 3.02. The summed E-state index contributed by atoms with van der Waals surface area (Å²) in [4.78, 5) is 21.8. The van der Waals surface area contributed by atoms with Crippen LogP contribution in [0.4, 0.5) is 0 Å². The van der Waals surface area contributed by atoms with E-state index in [-0.39, 0.29) is 0 Å². The summed E-state index contributed by atoms with van der Waals surface area (Å²) >= 11 is 0. The quantitative estimate of drug-likeness (QED) is 0.443. The van der Waals surface area contributed by atoms with E-state index in [0.29, 0.717) is 24.0 Å². The maximum absolute atomic E-state index is 10.9. The minimum Gasteiger partial charge on any atom is -0.386 e. The lowest BCUT2D eigenvalue weighted by molar-refractivity contribution is -0.151. The molecule has 0 spiro atoms. The monoisotopic (exact) mass is 154 g/mol. The highest BCUT2D eigenvalue weighted by molar-refractivity contribution is 6.12. The van der Waals surface area contributed by atoms with Crippen LogP contribution in [0.2, 0.25) is 0 Å². The van der Waals surface area contributed by atoms with Gasteiger partial charge in [-0.2, -0.15) is 0 Å². The van der Waals surface area contributed by atoms with E-state index in [4.69, 9.17) is 0 Å². The molecule has 0 N–H and O–H groups in total. The van der Waals surface area contributed by atoms with Gasteiger partial charge in [0.15, 0.2) is 0 Å². The topological polar surface area (TPSA) is 43.4 Å². The Morgan fingerprint density at radius 3 is 1.64 bits per heavy atom. The summed E-state index contributed by atoms with van der Waals surface area (Å²) < 4.78 is 4.42. The number of ether oxygens (including phenoxy) is 1. The standard InChI is InChI=1S/C8H10O3/c1-3-5-6(4-2)8(10)11-7(5)9/h3-4H2,1-2H3. The second-order valence-electron chi connectivity index (χ2n) is 2.34. The van der Waals surface area contributed by atoms with Crippen molar-refractivity contribution in [2.24, 2.45) is 0 Å². The smallest absolute Gasteiger partial charge is 0.342 e. The Morgan fingerprint density at radius 2 is 1.36 bits per heavy atom. The van der Waals surface area contributed by atoms with Crippen LogP contribution in [0.25, 0.3) is 0 Å². The van der Waals surface area contributed by atoms with Gasteiger partial charge in [-0.25, -0.2) is 9.59 Å². The molecule has 3 nitrogen and oxygen atoms in total. The SMILES string of the molecule is CCC1=C(CC)C(=O)OC1=O. The molecular formula is C8H10O3. The van der Waals surface area contributed by atoms with Gasteiger partial charge in [0.1, 0.15) is 0 Å². The van der Waals surface area contributed by atoms with E-state index in [0.717, 1.165) is 0 Å². The van der Waals surface area contributed by atoms with Crippen molar-refractivity contribution in [3.05, 3.63) is 11.1 Å². The third kappa shape index (κ3) is 1.18. The molecule has 0 saturated heterocycles. The first-order valence-corrected chi connectivity index (χ1v) is 3.69. The fourth-order valence-corrected chi connectivity index (χ4v) is 1.17. The third-order valence-electron chi connectivity index (χ3n) is 1.75. The Bertz CT molecular complexity index is 214. The Hall–Kier alpha value is -1.12. The molecule has 0 aromatic rings. The number of cyclic esters (lactones) is 2. The van der Waals surface area contributed by atoms with Gasteiger partial charge in [0, 0.05) is 11.1 Å². The predicted octanol–water partition coefficient (Wildman–Crippen LogP) is 1.19. The van der Waals surface area contributed by atoms with Crippen LogP contribution >= 0.6 is 0 Å². The lowest BCUT2D eigenvalue weighted by Gasteiger charge is -1.91. The Morgan fingerprint density at radius 1 is 1.00 bits per heavy atom. The lowest BCUT2D eigenvalue weighted by atomic mass is 10.1. The van der Waals surface area contributed by atoms with Crippen molar-refractivity contribution < 1.29 is 14.3 Å². The van der Waals surface area contributed by atoms with E-state index in [9.17, 15) is 9.59 Å². The van der Waals surface area contributed by atoms with Gasteiger partial charge in [-0.3, -0.25) is 0 Å². The fourth-order valence-electron chi connectivity index (χ4n) is 1.17. The van der Waals surface area contributed by atoms with Crippen molar-refractivity contribution in [2.75, 3.05) is 0 Å². The summed E-state index contributed by atoms with van der Waals surface area (Å²) in [5.74, 6) is -0.927. The average molecular weight is 154 g/mol. The number of hydrogen-bond donors (Lipinski definition) is 0. The normalized spacial score (nSPS) is 17.6. The van der Waals surface area contributed by atoms with Crippen LogP contribution in [-0.2, 0) is 14.3 Å². The second kappa shape index (κ2) is 2.86. The van der Waals surface area contributed by atoms with E-state index >= 15 is 0 Å². The molecule has 0 aliphatic carbocycles. The molecule has 0 amide bonds. The molecule has 0 saturated carbocycles. The molecule has 1 rings (SSSR count). The molecule has 0 aromatic carbocycles. The third-order valence-corrected chi connectivity index (χ3v) is 1.75. The fraction of sp³-hybridized carbons (Fsp3) is 0.500. The zero-order valence-electron chi connectivity index (χ0n) is 6.64. The van der Waals surface area contributed by atoms with Crippen LogP contribution in [0, 0.1) is 0 Å². The van der Waals surface area contributed by atoms with E-state index < -0.39 is 11.9 Å². The Labute approximate surface area is 65.0 Å². The van der Waals surface area contributed by atoms with Crippen LogP contribution in [-0.4, -0.2) is 11.9 Å². The molecule has 1 aliphatic heterocycles. The molecule has 0 bridgehead atoms. The molecule has 1 heterocycles. The van der Waals surface area contributed by atoms with Crippen molar-refractivity contribution in [3.63, 3.8) is 0 Å². The van der Waals surface area contributed by atoms with Gasteiger partial charge in [-0.15, -0.1) is 0 Å². The van der Waals surface area contributed by atoms with Gasteiger partial charge < -0.3 is 4.74 Å². The number of carbonyl (C=O) groups is 2. The molecule has 0 aromatic heterocycles. The number of hydrogen-bond acceptors (Lipinski definition) is 3. The van der Waals surface area contributed by atoms with Gasteiger partial charge in [0.25, 0.3) is 0 Å². The highest BCUT2D eigenvalue weighted by atomic mass is 16.6. The van der Waals surface area contributed by atoms with Crippen LogP contribution < -0.4 is 0 Å². The van der Waals surface area contributed by atoms with Gasteiger partial charge in [-0.1, -0.05) is 13.8 Å². The Kier molecular flexibility index (Phi) is 2.08. The average Bonchev–Trinajstić information content (AvgIpc) is 2.24. The summed E-state index contributed by atoms with van der Waals surface area (Å²) in [5.41, 5.74) is 1.08.